The van der Waals surface area contributed by atoms with Crippen LogP contribution in [0.5, 0.6) is 0 Å². The van der Waals surface area contributed by atoms with Gasteiger partial charge in [0.15, 0.2) is 11.6 Å². The highest BCUT2D eigenvalue weighted by molar-refractivity contribution is 5.95. The molecule has 198 valence electrons. The summed E-state index contributed by atoms with van der Waals surface area (Å²) in [6.45, 7) is 8.14. The summed E-state index contributed by atoms with van der Waals surface area (Å²) in [6, 6.07) is 7.90. The minimum atomic E-state index is -0.123. The van der Waals surface area contributed by atoms with Crippen molar-refractivity contribution in [3.05, 3.63) is 41.8 Å². The number of anilines is 1. The first kappa shape index (κ1) is 25.6. The van der Waals surface area contributed by atoms with Crippen molar-refractivity contribution in [2.45, 2.75) is 83.5 Å². The van der Waals surface area contributed by atoms with Crippen molar-refractivity contribution in [2.75, 3.05) is 24.7 Å². The molecular formula is C28H37N5O4. The smallest absolute Gasteiger partial charge is 0.258 e. The topological polar surface area (TPSA) is 107 Å². The molecule has 3 aromatic rings. The molecule has 0 bridgehead atoms. The van der Waals surface area contributed by atoms with E-state index in [1.54, 1.807) is 0 Å². The van der Waals surface area contributed by atoms with Gasteiger partial charge in [-0.1, -0.05) is 43.6 Å². The molecule has 2 aliphatic rings. The van der Waals surface area contributed by atoms with Crippen LogP contribution in [0.4, 0.5) is 5.69 Å². The summed E-state index contributed by atoms with van der Waals surface area (Å²) in [6.07, 6.45) is 7.27. The van der Waals surface area contributed by atoms with Crippen LogP contribution in [0.15, 0.2) is 33.3 Å². The fraction of sp³-hybridized carbons (Fsp3) is 0.607. The van der Waals surface area contributed by atoms with Crippen molar-refractivity contribution in [2.24, 2.45) is 5.92 Å². The number of carbonyl (C=O) groups is 1. The van der Waals surface area contributed by atoms with E-state index >= 15 is 0 Å². The highest BCUT2D eigenvalue weighted by Crippen LogP contribution is 2.39. The Hall–Kier alpha value is -3.07. The van der Waals surface area contributed by atoms with Gasteiger partial charge in [-0.2, -0.15) is 9.97 Å². The summed E-state index contributed by atoms with van der Waals surface area (Å²) in [5.41, 5.74) is 1.58. The second-order valence-corrected chi connectivity index (χ2v) is 11.2. The number of nitrogens with zero attached hydrogens (tertiary/aromatic N) is 5. The van der Waals surface area contributed by atoms with Gasteiger partial charge in [-0.3, -0.25) is 4.79 Å². The maximum absolute atomic E-state index is 13.6. The van der Waals surface area contributed by atoms with Gasteiger partial charge < -0.3 is 18.7 Å². The van der Waals surface area contributed by atoms with Gasteiger partial charge in [-0.25, -0.2) is 0 Å². The van der Waals surface area contributed by atoms with E-state index in [1.165, 1.54) is 0 Å². The molecule has 0 unspecified atom stereocenters. The van der Waals surface area contributed by atoms with Crippen LogP contribution < -0.4 is 4.90 Å². The van der Waals surface area contributed by atoms with E-state index in [0.29, 0.717) is 37.5 Å². The van der Waals surface area contributed by atoms with Crippen LogP contribution in [0.25, 0.3) is 11.5 Å². The molecule has 9 nitrogen and oxygen atoms in total. The summed E-state index contributed by atoms with van der Waals surface area (Å²) in [7, 11) is 0. The van der Waals surface area contributed by atoms with E-state index in [9.17, 15) is 4.79 Å². The highest BCUT2D eigenvalue weighted by atomic mass is 16.5. The largest absolute Gasteiger partial charge is 0.381 e. The molecule has 1 saturated carbocycles. The van der Waals surface area contributed by atoms with Gasteiger partial charge in [-0.15, -0.1) is 0 Å². The van der Waals surface area contributed by atoms with Crippen LogP contribution in [0.3, 0.4) is 0 Å². The standard InChI is InChI=1S/C28H37N5O4/c1-28(2,3)27-29-23(36-32-27)10-5-4-6-15-33(26(34)20-13-16-35-17-14-20)22-9-7-8-21(18-22)25-30-24(31-37-25)19-11-12-19/h7-9,18-20H,4-6,10-17H2,1-3H3. The molecule has 3 heterocycles. The Morgan fingerprint density at radius 3 is 2.54 bits per heavy atom. The third-order valence-corrected chi connectivity index (χ3v) is 7.04. The van der Waals surface area contributed by atoms with Gasteiger partial charge in [0.2, 0.25) is 11.8 Å². The van der Waals surface area contributed by atoms with Crippen LogP contribution in [0, 0.1) is 5.92 Å². The van der Waals surface area contributed by atoms with Gasteiger partial charge in [0, 0.05) is 54.7 Å². The molecule has 1 amide bonds. The number of hydrogen-bond donors (Lipinski definition) is 0. The van der Waals surface area contributed by atoms with Crippen LogP contribution in [-0.4, -0.2) is 45.9 Å². The molecule has 0 atom stereocenters. The molecule has 1 aliphatic heterocycles. The zero-order valence-electron chi connectivity index (χ0n) is 22.1. The second-order valence-electron chi connectivity index (χ2n) is 11.2. The molecule has 1 saturated heterocycles. The van der Waals surface area contributed by atoms with E-state index in [-0.39, 0.29) is 17.2 Å². The van der Waals surface area contributed by atoms with E-state index in [4.69, 9.17) is 13.8 Å². The number of unbranched alkanes of at least 4 members (excludes halogenated alkanes) is 2. The Morgan fingerprint density at radius 2 is 1.81 bits per heavy atom. The molecule has 1 aliphatic carbocycles. The van der Waals surface area contributed by atoms with Crippen molar-refractivity contribution in [1.29, 1.82) is 0 Å². The lowest BCUT2D eigenvalue weighted by Gasteiger charge is -2.29. The normalized spacial score (nSPS) is 16.7. The first-order valence-corrected chi connectivity index (χ1v) is 13.5. The minimum absolute atomic E-state index is 0.0171. The number of carbonyl (C=O) groups excluding carboxylic acids is 1. The summed E-state index contributed by atoms with van der Waals surface area (Å²) < 4.78 is 16.5. The average Bonchev–Trinajstić information content (AvgIpc) is 3.42. The molecule has 1 aromatic carbocycles. The number of rotatable bonds is 10. The van der Waals surface area contributed by atoms with Crippen molar-refractivity contribution < 1.29 is 18.6 Å². The van der Waals surface area contributed by atoms with Crippen LogP contribution >= 0.6 is 0 Å². The maximum Gasteiger partial charge on any atom is 0.258 e. The molecule has 0 spiro atoms. The Labute approximate surface area is 218 Å². The third kappa shape index (κ3) is 6.44. The fourth-order valence-corrected chi connectivity index (χ4v) is 4.58. The van der Waals surface area contributed by atoms with Crippen molar-refractivity contribution >= 4 is 11.6 Å². The molecular weight excluding hydrogens is 470 g/mol. The Morgan fingerprint density at radius 1 is 1.00 bits per heavy atom. The van der Waals surface area contributed by atoms with Gasteiger partial charge in [0.05, 0.1) is 0 Å². The van der Waals surface area contributed by atoms with Gasteiger partial charge in [-0.05, 0) is 56.7 Å². The van der Waals surface area contributed by atoms with E-state index in [1.807, 2.05) is 29.2 Å². The lowest BCUT2D eigenvalue weighted by Crippen LogP contribution is -2.39. The Balaban J connectivity index is 1.24. The van der Waals surface area contributed by atoms with Crippen LogP contribution in [0.2, 0.25) is 0 Å². The van der Waals surface area contributed by atoms with Crippen molar-refractivity contribution in [3.8, 4) is 11.5 Å². The molecule has 2 aromatic heterocycles. The predicted octanol–water partition coefficient (Wildman–Crippen LogP) is 5.47. The summed E-state index contributed by atoms with van der Waals surface area (Å²) in [5.74, 6) is 3.29. The molecule has 0 N–H and O–H groups in total. The quantitative estimate of drug-likeness (QED) is 0.333. The predicted molar refractivity (Wildman–Crippen MR) is 138 cm³/mol. The zero-order valence-corrected chi connectivity index (χ0v) is 22.1. The minimum Gasteiger partial charge on any atom is -0.381 e. The van der Waals surface area contributed by atoms with Crippen LogP contribution in [0.1, 0.15) is 89.2 Å². The Kier molecular flexibility index (Phi) is 7.69. The number of benzene rings is 1. The van der Waals surface area contributed by atoms with E-state index in [2.05, 4.69) is 41.1 Å². The van der Waals surface area contributed by atoms with Crippen molar-refractivity contribution in [3.63, 3.8) is 0 Å². The monoisotopic (exact) mass is 507 g/mol. The molecule has 5 rings (SSSR count). The summed E-state index contributed by atoms with van der Waals surface area (Å²) >= 11 is 0. The number of hydrogen-bond acceptors (Lipinski definition) is 8. The number of aryl methyl sites for hydroxylation is 1. The molecule has 2 fully saturated rings. The van der Waals surface area contributed by atoms with Crippen LogP contribution in [-0.2, 0) is 21.4 Å². The van der Waals surface area contributed by atoms with E-state index < -0.39 is 0 Å². The zero-order chi connectivity index (χ0) is 25.8. The number of ether oxygens (including phenoxy) is 1. The second kappa shape index (κ2) is 11.1. The number of aromatic nitrogens is 4. The Bertz CT molecular complexity index is 1190. The fourth-order valence-electron chi connectivity index (χ4n) is 4.58. The van der Waals surface area contributed by atoms with Gasteiger partial charge in [0.1, 0.15) is 0 Å². The average molecular weight is 508 g/mol. The molecule has 0 radical (unpaired) electrons. The first-order valence-electron chi connectivity index (χ1n) is 13.5. The lowest BCUT2D eigenvalue weighted by atomic mass is 9.96. The maximum atomic E-state index is 13.6. The lowest BCUT2D eigenvalue weighted by molar-refractivity contribution is -0.125. The third-order valence-electron chi connectivity index (χ3n) is 7.04. The first-order chi connectivity index (χ1) is 17.9. The highest BCUT2D eigenvalue weighted by Gasteiger charge is 2.30. The molecule has 37 heavy (non-hydrogen) atoms. The number of amides is 1. The van der Waals surface area contributed by atoms with Gasteiger partial charge >= 0.3 is 0 Å². The SMILES string of the molecule is CC(C)(C)c1noc(CCCCCN(C(=O)C2CCOCC2)c2cccc(-c3nc(C4CC4)no3)c2)n1. The summed E-state index contributed by atoms with van der Waals surface area (Å²) in [5, 5.41) is 8.26. The van der Waals surface area contributed by atoms with E-state index in [0.717, 1.165) is 74.3 Å². The molecule has 9 heteroatoms. The van der Waals surface area contributed by atoms with Gasteiger partial charge in [0.25, 0.3) is 5.89 Å². The van der Waals surface area contributed by atoms with Crippen molar-refractivity contribution in [1.82, 2.24) is 20.3 Å². The summed E-state index contributed by atoms with van der Waals surface area (Å²) in [4.78, 5) is 24.7.